The minimum atomic E-state index is 0.425. The molecule has 9 heteroatoms. The fraction of sp³-hybridized carbons (Fsp3) is 0.211. The van der Waals surface area contributed by atoms with Gasteiger partial charge in [-0.1, -0.05) is 11.8 Å². The van der Waals surface area contributed by atoms with E-state index in [0.29, 0.717) is 28.4 Å². The lowest BCUT2D eigenvalue weighted by Gasteiger charge is -2.07. The number of aromatic nitrogens is 3. The van der Waals surface area contributed by atoms with E-state index in [9.17, 15) is 0 Å². The van der Waals surface area contributed by atoms with E-state index < -0.39 is 0 Å². The predicted octanol–water partition coefficient (Wildman–Crippen LogP) is 5.07. The summed E-state index contributed by atoms with van der Waals surface area (Å²) in [5, 5.41) is 11.6. The Hall–Kier alpha value is -2.78. The number of benzene rings is 1. The van der Waals surface area contributed by atoms with Crippen LogP contribution in [0.1, 0.15) is 11.5 Å². The van der Waals surface area contributed by atoms with Gasteiger partial charge in [-0.05, 0) is 37.3 Å². The zero-order valence-electron chi connectivity index (χ0n) is 15.5. The van der Waals surface area contributed by atoms with Gasteiger partial charge in [0.1, 0.15) is 5.76 Å². The van der Waals surface area contributed by atoms with Gasteiger partial charge in [0.15, 0.2) is 22.3 Å². The molecular formula is C19H17N3O4S2. The Labute approximate surface area is 169 Å². The van der Waals surface area contributed by atoms with E-state index >= 15 is 0 Å². The molecule has 0 saturated heterocycles. The molecule has 4 rings (SSSR count). The first-order valence-electron chi connectivity index (χ1n) is 8.36. The fourth-order valence-electron chi connectivity index (χ4n) is 2.53. The van der Waals surface area contributed by atoms with Gasteiger partial charge in [-0.2, -0.15) is 0 Å². The molecule has 0 amide bonds. The van der Waals surface area contributed by atoms with E-state index in [1.165, 1.54) is 11.8 Å². The van der Waals surface area contributed by atoms with Crippen LogP contribution in [0.5, 0.6) is 11.5 Å². The average Bonchev–Trinajstić information content (AvgIpc) is 3.46. The van der Waals surface area contributed by atoms with Crippen LogP contribution in [0.3, 0.4) is 0 Å². The van der Waals surface area contributed by atoms with E-state index in [1.807, 2.05) is 30.5 Å². The maximum Gasteiger partial charge on any atom is 0.277 e. The summed E-state index contributed by atoms with van der Waals surface area (Å²) in [7, 11) is 3.18. The maximum absolute atomic E-state index is 5.76. The van der Waals surface area contributed by atoms with Crippen LogP contribution in [0.4, 0.5) is 0 Å². The highest BCUT2D eigenvalue weighted by atomic mass is 32.2. The third-order valence-corrected chi connectivity index (χ3v) is 5.64. The number of rotatable bonds is 7. The largest absolute Gasteiger partial charge is 0.493 e. The van der Waals surface area contributed by atoms with Crippen molar-refractivity contribution < 1.29 is 18.3 Å². The van der Waals surface area contributed by atoms with Crippen molar-refractivity contribution in [3.8, 4) is 33.7 Å². The van der Waals surface area contributed by atoms with Crippen molar-refractivity contribution >= 4 is 23.1 Å². The Bertz CT molecular complexity index is 1090. The topological polar surface area (TPSA) is 83.4 Å². The first kappa shape index (κ1) is 18.6. The highest BCUT2D eigenvalue weighted by Gasteiger charge is 2.14. The number of aryl methyl sites for hydroxylation is 1. The lowest BCUT2D eigenvalue weighted by molar-refractivity contribution is 0.355. The Morgan fingerprint density at radius 1 is 1.04 bits per heavy atom. The zero-order chi connectivity index (χ0) is 19.5. The Kier molecular flexibility index (Phi) is 5.36. The molecule has 0 bridgehead atoms. The van der Waals surface area contributed by atoms with Crippen LogP contribution in [0, 0.1) is 6.92 Å². The van der Waals surface area contributed by atoms with Crippen LogP contribution >= 0.6 is 23.1 Å². The Morgan fingerprint density at radius 3 is 2.64 bits per heavy atom. The minimum Gasteiger partial charge on any atom is -0.493 e. The molecule has 0 saturated carbocycles. The van der Waals surface area contributed by atoms with E-state index in [1.54, 1.807) is 37.7 Å². The van der Waals surface area contributed by atoms with Crippen molar-refractivity contribution in [1.82, 2.24) is 15.2 Å². The molecule has 3 aromatic heterocycles. The number of thioether (sulfide) groups is 1. The van der Waals surface area contributed by atoms with Crippen LogP contribution in [-0.2, 0) is 5.75 Å². The summed E-state index contributed by atoms with van der Waals surface area (Å²) < 4.78 is 21.9. The number of thiazole rings is 1. The summed E-state index contributed by atoms with van der Waals surface area (Å²) in [6.45, 7) is 1.92. The van der Waals surface area contributed by atoms with Crippen molar-refractivity contribution in [2.24, 2.45) is 0 Å². The van der Waals surface area contributed by atoms with Crippen LogP contribution in [0.2, 0.25) is 0 Å². The summed E-state index contributed by atoms with van der Waals surface area (Å²) in [5.41, 5.74) is 1.70. The summed E-state index contributed by atoms with van der Waals surface area (Å²) in [6.07, 6.45) is 0. The molecule has 0 radical (unpaired) electrons. The van der Waals surface area contributed by atoms with Crippen LogP contribution in [0.25, 0.3) is 22.2 Å². The summed E-state index contributed by atoms with van der Waals surface area (Å²) in [6, 6.07) is 9.32. The zero-order valence-corrected chi connectivity index (χ0v) is 17.1. The van der Waals surface area contributed by atoms with Gasteiger partial charge in [0.2, 0.25) is 5.89 Å². The SMILES string of the molecule is COc1ccc(-c2nnc(SCc3csc(-c4ccc(C)o4)n3)o2)cc1OC. The molecule has 0 unspecified atom stereocenters. The Balaban J connectivity index is 1.44. The molecule has 0 aliphatic rings. The number of hydrogen-bond donors (Lipinski definition) is 0. The monoisotopic (exact) mass is 415 g/mol. The van der Waals surface area contributed by atoms with Crippen molar-refractivity contribution in [3.05, 3.63) is 47.2 Å². The molecule has 0 fully saturated rings. The molecule has 0 aliphatic heterocycles. The first-order chi connectivity index (χ1) is 13.7. The van der Waals surface area contributed by atoms with Crippen molar-refractivity contribution in [3.63, 3.8) is 0 Å². The average molecular weight is 415 g/mol. The molecule has 0 atom stereocenters. The standard InChI is InChI=1S/C19H17N3O4S2/c1-11-4-6-15(25-11)18-20-13(9-27-18)10-28-19-22-21-17(26-19)12-5-7-14(23-2)16(8-12)24-3/h4-9H,10H2,1-3H3. The van der Waals surface area contributed by atoms with Gasteiger partial charge in [0, 0.05) is 16.7 Å². The quantitative estimate of drug-likeness (QED) is 0.387. The van der Waals surface area contributed by atoms with E-state index in [0.717, 1.165) is 27.8 Å². The minimum absolute atomic E-state index is 0.425. The molecular weight excluding hydrogens is 398 g/mol. The van der Waals surface area contributed by atoms with E-state index in [2.05, 4.69) is 15.2 Å². The second kappa shape index (κ2) is 8.07. The summed E-state index contributed by atoms with van der Waals surface area (Å²) >= 11 is 2.99. The molecule has 7 nitrogen and oxygen atoms in total. The van der Waals surface area contributed by atoms with Crippen molar-refractivity contribution in [2.75, 3.05) is 14.2 Å². The Morgan fingerprint density at radius 2 is 1.89 bits per heavy atom. The number of ether oxygens (including phenoxy) is 2. The van der Waals surface area contributed by atoms with E-state index in [4.69, 9.17) is 18.3 Å². The van der Waals surface area contributed by atoms with Gasteiger partial charge in [0.05, 0.1) is 19.9 Å². The molecule has 0 aliphatic carbocycles. The van der Waals surface area contributed by atoms with Gasteiger partial charge < -0.3 is 18.3 Å². The fourth-order valence-corrected chi connectivity index (χ4v) is 4.07. The lowest BCUT2D eigenvalue weighted by Crippen LogP contribution is -1.90. The second-order valence-corrected chi connectivity index (χ2v) is 7.57. The van der Waals surface area contributed by atoms with Gasteiger partial charge in [-0.15, -0.1) is 21.5 Å². The molecule has 28 heavy (non-hydrogen) atoms. The molecule has 3 heterocycles. The number of hydrogen-bond acceptors (Lipinski definition) is 9. The number of methoxy groups -OCH3 is 2. The van der Waals surface area contributed by atoms with Gasteiger partial charge in [-0.3, -0.25) is 0 Å². The summed E-state index contributed by atoms with van der Waals surface area (Å²) in [4.78, 5) is 4.60. The third kappa shape index (κ3) is 3.90. The highest BCUT2D eigenvalue weighted by Crippen LogP contribution is 2.33. The number of nitrogens with zero attached hydrogens (tertiary/aromatic N) is 3. The predicted molar refractivity (Wildman–Crippen MR) is 107 cm³/mol. The molecule has 144 valence electrons. The molecule has 4 aromatic rings. The van der Waals surface area contributed by atoms with Gasteiger partial charge in [0.25, 0.3) is 5.22 Å². The third-order valence-electron chi connectivity index (χ3n) is 3.88. The molecule has 1 aromatic carbocycles. The summed E-state index contributed by atoms with van der Waals surface area (Å²) in [5.74, 6) is 3.96. The highest BCUT2D eigenvalue weighted by molar-refractivity contribution is 7.98. The van der Waals surface area contributed by atoms with Crippen LogP contribution in [-0.4, -0.2) is 29.4 Å². The normalized spacial score (nSPS) is 11.0. The van der Waals surface area contributed by atoms with Gasteiger partial charge in [-0.25, -0.2) is 4.98 Å². The van der Waals surface area contributed by atoms with Crippen LogP contribution < -0.4 is 9.47 Å². The molecule has 0 spiro atoms. The smallest absolute Gasteiger partial charge is 0.277 e. The van der Waals surface area contributed by atoms with E-state index in [-0.39, 0.29) is 0 Å². The van der Waals surface area contributed by atoms with Crippen molar-refractivity contribution in [2.45, 2.75) is 17.9 Å². The van der Waals surface area contributed by atoms with Crippen molar-refractivity contribution in [1.29, 1.82) is 0 Å². The lowest BCUT2D eigenvalue weighted by atomic mass is 10.2. The van der Waals surface area contributed by atoms with Gasteiger partial charge >= 0.3 is 0 Å². The number of furan rings is 1. The van der Waals surface area contributed by atoms with Crippen LogP contribution in [0.15, 0.2) is 49.8 Å². The maximum atomic E-state index is 5.76. The second-order valence-electron chi connectivity index (χ2n) is 5.79. The molecule has 0 N–H and O–H groups in total. The first-order valence-corrected chi connectivity index (χ1v) is 10.2.